The van der Waals surface area contributed by atoms with Gasteiger partial charge in [0, 0.05) is 16.5 Å². The van der Waals surface area contributed by atoms with E-state index in [2.05, 4.69) is 0 Å². The topological polar surface area (TPSA) is 82.2 Å². The van der Waals surface area contributed by atoms with E-state index < -0.39 is 5.91 Å². The highest BCUT2D eigenvalue weighted by Gasteiger charge is 2.16. The molecule has 4 nitrogen and oxygen atoms in total. The van der Waals surface area contributed by atoms with Crippen LogP contribution in [0.15, 0.2) is 40.8 Å². The predicted octanol–water partition coefficient (Wildman–Crippen LogP) is 2.27. The number of benzene rings is 2. The lowest BCUT2D eigenvalue weighted by Gasteiger charge is -2.02. The van der Waals surface area contributed by atoms with Crippen molar-refractivity contribution in [3.8, 4) is 0 Å². The molecule has 1 heterocycles. The largest absolute Gasteiger partial charge is 0.456 e. The number of para-hydroxylation sites is 1. The van der Waals surface area contributed by atoms with Crippen LogP contribution >= 0.6 is 0 Å². The van der Waals surface area contributed by atoms with Crippen molar-refractivity contribution in [2.45, 2.75) is 0 Å². The first-order valence-corrected chi connectivity index (χ1v) is 5.18. The SMILES string of the molecule is NC(=O)c1c(N)ccc2oc3ccccc3c12. The summed E-state index contributed by atoms with van der Waals surface area (Å²) in [5, 5.41) is 1.54. The minimum Gasteiger partial charge on any atom is -0.456 e. The molecule has 0 unspecified atom stereocenters. The van der Waals surface area contributed by atoms with Gasteiger partial charge < -0.3 is 15.9 Å². The Hall–Kier alpha value is -2.49. The molecule has 0 fully saturated rings. The lowest BCUT2D eigenvalue weighted by atomic mass is 10.0. The van der Waals surface area contributed by atoms with Gasteiger partial charge in [0.05, 0.1) is 5.56 Å². The Labute approximate surface area is 96.8 Å². The summed E-state index contributed by atoms with van der Waals surface area (Å²) in [6.45, 7) is 0. The van der Waals surface area contributed by atoms with Crippen LogP contribution in [0.3, 0.4) is 0 Å². The first kappa shape index (κ1) is 9.72. The molecule has 1 aromatic heterocycles. The number of rotatable bonds is 1. The molecular weight excluding hydrogens is 216 g/mol. The van der Waals surface area contributed by atoms with E-state index >= 15 is 0 Å². The van der Waals surface area contributed by atoms with Gasteiger partial charge in [-0.1, -0.05) is 18.2 Å². The number of primary amides is 1. The second-order valence-electron chi connectivity index (χ2n) is 3.87. The molecule has 17 heavy (non-hydrogen) atoms. The summed E-state index contributed by atoms with van der Waals surface area (Å²) >= 11 is 0. The van der Waals surface area contributed by atoms with Crippen LogP contribution in [-0.2, 0) is 0 Å². The first-order valence-electron chi connectivity index (χ1n) is 5.18. The van der Waals surface area contributed by atoms with E-state index in [-0.39, 0.29) is 0 Å². The third kappa shape index (κ3) is 1.27. The van der Waals surface area contributed by atoms with Gasteiger partial charge in [-0.2, -0.15) is 0 Å². The monoisotopic (exact) mass is 226 g/mol. The summed E-state index contributed by atoms with van der Waals surface area (Å²) in [5.74, 6) is -0.542. The fourth-order valence-electron chi connectivity index (χ4n) is 2.10. The standard InChI is InChI=1S/C13H10N2O2/c14-8-5-6-10-11(12(8)13(15)16)7-3-1-2-4-9(7)17-10/h1-6H,14H2,(H2,15,16). The number of anilines is 1. The van der Waals surface area contributed by atoms with Gasteiger partial charge in [-0.25, -0.2) is 0 Å². The Morgan fingerprint density at radius 2 is 1.82 bits per heavy atom. The fraction of sp³-hybridized carbons (Fsp3) is 0. The average molecular weight is 226 g/mol. The maximum absolute atomic E-state index is 11.5. The molecular formula is C13H10N2O2. The van der Waals surface area contributed by atoms with Gasteiger partial charge in [0.25, 0.3) is 5.91 Å². The Balaban J connectivity index is 2.60. The summed E-state index contributed by atoms with van der Waals surface area (Å²) in [6, 6.07) is 10.9. The number of furan rings is 1. The summed E-state index contributed by atoms with van der Waals surface area (Å²) in [6.07, 6.45) is 0. The molecule has 2 aromatic carbocycles. The number of amides is 1. The van der Waals surface area contributed by atoms with Gasteiger partial charge >= 0.3 is 0 Å². The third-order valence-corrected chi connectivity index (χ3v) is 2.82. The van der Waals surface area contributed by atoms with E-state index in [9.17, 15) is 4.79 Å². The van der Waals surface area contributed by atoms with Crippen LogP contribution in [0.4, 0.5) is 5.69 Å². The van der Waals surface area contributed by atoms with Crippen molar-refractivity contribution < 1.29 is 9.21 Å². The second kappa shape index (κ2) is 3.25. The van der Waals surface area contributed by atoms with Gasteiger partial charge in [0.2, 0.25) is 0 Å². The molecule has 0 radical (unpaired) electrons. The molecule has 0 spiro atoms. The molecule has 0 saturated heterocycles. The Kier molecular flexibility index (Phi) is 1.86. The fourth-order valence-corrected chi connectivity index (χ4v) is 2.10. The molecule has 0 atom stereocenters. The Bertz CT molecular complexity index is 744. The van der Waals surface area contributed by atoms with E-state index in [1.54, 1.807) is 12.1 Å². The number of carbonyl (C=O) groups excluding carboxylic acids is 1. The highest BCUT2D eigenvalue weighted by atomic mass is 16.3. The van der Waals surface area contributed by atoms with E-state index in [0.717, 1.165) is 11.0 Å². The lowest BCUT2D eigenvalue weighted by Crippen LogP contribution is -2.13. The van der Waals surface area contributed by atoms with E-state index in [4.69, 9.17) is 15.9 Å². The minimum absolute atomic E-state index is 0.326. The van der Waals surface area contributed by atoms with Crippen LogP contribution < -0.4 is 11.5 Å². The van der Waals surface area contributed by atoms with Gasteiger partial charge in [0.15, 0.2) is 0 Å². The number of nitrogens with two attached hydrogens (primary N) is 2. The molecule has 0 aliphatic heterocycles. The van der Waals surface area contributed by atoms with E-state index in [0.29, 0.717) is 22.2 Å². The summed E-state index contributed by atoms with van der Waals surface area (Å²) in [4.78, 5) is 11.5. The quantitative estimate of drug-likeness (QED) is 0.624. The van der Waals surface area contributed by atoms with Crippen LogP contribution in [0.2, 0.25) is 0 Å². The number of carbonyl (C=O) groups is 1. The summed E-state index contributed by atoms with van der Waals surface area (Å²) in [7, 11) is 0. The van der Waals surface area contributed by atoms with Crippen molar-refractivity contribution in [3.63, 3.8) is 0 Å². The van der Waals surface area contributed by atoms with Crippen molar-refractivity contribution in [1.29, 1.82) is 0 Å². The van der Waals surface area contributed by atoms with E-state index in [1.807, 2.05) is 24.3 Å². The highest BCUT2D eigenvalue weighted by molar-refractivity contribution is 6.18. The van der Waals surface area contributed by atoms with Crippen molar-refractivity contribution in [2.24, 2.45) is 5.73 Å². The van der Waals surface area contributed by atoms with Gasteiger partial charge in [-0.05, 0) is 18.2 Å². The van der Waals surface area contributed by atoms with Crippen molar-refractivity contribution in [1.82, 2.24) is 0 Å². The molecule has 0 saturated carbocycles. The van der Waals surface area contributed by atoms with Crippen LogP contribution in [0.25, 0.3) is 21.9 Å². The van der Waals surface area contributed by atoms with Crippen LogP contribution in [0.5, 0.6) is 0 Å². The summed E-state index contributed by atoms with van der Waals surface area (Å²) < 4.78 is 5.63. The number of hydrogen-bond acceptors (Lipinski definition) is 3. The maximum Gasteiger partial charge on any atom is 0.251 e. The van der Waals surface area contributed by atoms with E-state index in [1.165, 1.54) is 0 Å². The third-order valence-electron chi connectivity index (χ3n) is 2.82. The first-order chi connectivity index (χ1) is 8.18. The molecule has 0 aliphatic carbocycles. The lowest BCUT2D eigenvalue weighted by molar-refractivity contribution is 0.100. The Morgan fingerprint density at radius 1 is 1.06 bits per heavy atom. The molecule has 84 valence electrons. The molecule has 3 rings (SSSR count). The predicted molar refractivity (Wildman–Crippen MR) is 66.7 cm³/mol. The van der Waals surface area contributed by atoms with Gasteiger partial charge in [0.1, 0.15) is 11.2 Å². The molecule has 4 heteroatoms. The number of fused-ring (bicyclic) bond motifs is 3. The smallest absolute Gasteiger partial charge is 0.251 e. The van der Waals surface area contributed by atoms with Crippen LogP contribution in [0.1, 0.15) is 10.4 Å². The average Bonchev–Trinajstić information content (AvgIpc) is 2.67. The summed E-state index contributed by atoms with van der Waals surface area (Å²) in [5.41, 5.74) is 13.2. The normalized spacial score (nSPS) is 11.1. The Morgan fingerprint density at radius 3 is 2.59 bits per heavy atom. The molecule has 3 aromatic rings. The van der Waals surface area contributed by atoms with Crippen LogP contribution in [-0.4, -0.2) is 5.91 Å². The van der Waals surface area contributed by atoms with Gasteiger partial charge in [-0.3, -0.25) is 4.79 Å². The molecule has 0 bridgehead atoms. The van der Waals surface area contributed by atoms with Crippen molar-refractivity contribution in [2.75, 3.05) is 5.73 Å². The molecule has 4 N–H and O–H groups in total. The van der Waals surface area contributed by atoms with Gasteiger partial charge in [-0.15, -0.1) is 0 Å². The highest BCUT2D eigenvalue weighted by Crippen LogP contribution is 2.33. The number of hydrogen-bond donors (Lipinski definition) is 2. The molecule has 1 amide bonds. The molecule has 0 aliphatic rings. The number of nitrogen functional groups attached to an aromatic ring is 1. The van der Waals surface area contributed by atoms with Crippen LogP contribution in [0, 0.1) is 0 Å². The van der Waals surface area contributed by atoms with Crippen molar-refractivity contribution >= 4 is 33.5 Å². The zero-order valence-corrected chi connectivity index (χ0v) is 8.94. The second-order valence-corrected chi connectivity index (χ2v) is 3.87. The zero-order valence-electron chi connectivity index (χ0n) is 8.94. The minimum atomic E-state index is -0.542. The zero-order chi connectivity index (χ0) is 12.0. The maximum atomic E-state index is 11.5. The van der Waals surface area contributed by atoms with Crippen molar-refractivity contribution in [3.05, 3.63) is 42.0 Å².